The fourth-order valence-corrected chi connectivity index (χ4v) is 2.34. The Morgan fingerprint density at radius 1 is 1.26 bits per heavy atom. The summed E-state index contributed by atoms with van der Waals surface area (Å²) in [7, 11) is 3.77. The average molecular weight is 263 g/mol. The van der Waals surface area contributed by atoms with Crippen LogP contribution in [-0.2, 0) is 11.3 Å². The number of methoxy groups -OCH3 is 1. The van der Waals surface area contributed by atoms with E-state index in [2.05, 4.69) is 38.8 Å². The van der Waals surface area contributed by atoms with Crippen LogP contribution in [0.4, 0.5) is 0 Å². The molecule has 0 fully saturated rings. The maximum absolute atomic E-state index is 11.0. The van der Waals surface area contributed by atoms with Gasteiger partial charge in [0, 0.05) is 19.5 Å². The van der Waals surface area contributed by atoms with Crippen LogP contribution in [0.15, 0.2) is 6.07 Å². The number of aryl methyl sites for hydroxylation is 1. The monoisotopic (exact) mass is 263 g/mol. The third kappa shape index (κ3) is 4.06. The lowest BCUT2D eigenvalue weighted by atomic mass is 9.98. The molecule has 0 N–H and O–H groups in total. The van der Waals surface area contributed by atoms with Gasteiger partial charge in [0.2, 0.25) is 0 Å². The zero-order valence-electron chi connectivity index (χ0n) is 13.0. The SMILES string of the molecule is COc1c(C)cc(CN(C)CCC(C)=O)c(C)c1C. The van der Waals surface area contributed by atoms with Crippen molar-refractivity contribution in [3.8, 4) is 5.75 Å². The molecule has 0 atom stereocenters. The molecule has 3 heteroatoms. The Balaban J connectivity index is 2.87. The molecule has 1 aromatic rings. The highest BCUT2D eigenvalue weighted by Gasteiger charge is 2.12. The zero-order valence-corrected chi connectivity index (χ0v) is 13.0. The number of rotatable bonds is 6. The van der Waals surface area contributed by atoms with Crippen LogP contribution in [-0.4, -0.2) is 31.4 Å². The molecular formula is C16H25NO2. The summed E-state index contributed by atoms with van der Waals surface area (Å²) < 4.78 is 5.44. The quantitative estimate of drug-likeness (QED) is 0.790. The molecule has 0 aliphatic carbocycles. The third-order valence-electron chi connectivity index (χ3n) is 3.62. The summed E-state index contributed by atoms with van der Waals surface area (Å²) in [5, 5.41) is 0. The van der Waals surface area contributed by atoms with Crippen molar-refractivity contribution in [1.29, 1.82) is 0 Å². The molecule has 1 aromatic carbocycles. The normalized spacial score (nSPS) is 10.9. The van der Waals surface area contributed by atoms with Crippen LogP contribution in [0, 0.1) is 20.8 Å². The van der Waals surface area contributed by atoms with Crippen molar-refractivity contribution in [2.45, 2.75) is 40.7 Å². The standard InChI is InChI=1S/C16H25NO2/c1-11-9-15(10-17(5)8-7-12(2)18)13(3)14(4)16(11)19-6/h9H,7-8,10H2,1-6H3. The van der Waals surface area contributed by atoms with Crippen LogP contribution in [0.1, 0.15) is 35.6 Å². The van der Waals surface area contributed by atoms with Crippen LogP contribution in [0.3, 0.4) is 0 Å². The molecule has 19 heavy (non-hydrogen) atoms. The first-order valence-electron chi connectivity index (χ1n) is 6.68. The molecule has 3 nitrogen and oxygen atoms in total. The predicted molar refractivity (Wildman–Crippen MR) is 78.8 cm³/mol. The minimum absolute atomic E-state index is 0.241. The minimum Gasteiger partial charge on any atom is -0.496 e. The first-order valence-corrected chi connectivity index (χ1v) is 6.68. The smallest absolute Gasteiger partial charge is 0.131 e. The van der Waals surface area contributed by atoms with Crippen molar-refractivity contribution in [3.05, 3.63) is 28.3 Å². The first kappa shape index (κ1) is 15.7. The molecule has 106 valence electrons. The number of nitrogens with zero attached hydrogens (tertiary/aromatic N) is 1. The number of carbonyl (C=O) groups is 1. The van der Waals surface area contributed by atoms with Gasteiger partial charge in [-0.3, -0.25) is 4.79 Å². The van der Waals surface area contributed by atoms with Crippen molar-refractivity contribution in [2.24, 2.45) is 0 Å². The van der Waals surface area contributed by atoms with Crippen LogP contribution < -0.4 is 4.74 Å². The number of ketones is 1. The van der Waals surface area contributed by atoms with Crippen LogP contribution >= 0.6 is 0 Å². The zero-order chi connectivity index (χ0) is 14.6. The maximum Gasteiger partial charge on any atom is 0.131 e. The lowest BCUT2D eigenvalue weighted by Gasteiger charge is -2.20. The fraction of sp³-hybridized carbons (Fsp3) is 0.562. The van der Waals surface area contributed by atoms with E-state index in [1.165, 1.54) is 22.3 Å². The molecular weight excluding hydrogens is 238 g/mol. The second-order valence-electron chi connectivity index (χ2n) is 5.33. The summed E-state index contributed by atoms with van der Waals surface area (Å²) >= 11 is 0. The highest BCUT2D eigenvalue weighted by molar-refractivity contribution is 5.75. The molecule has 0 aliphatic rings. The van der Waals surface area contributed by atoms with Crippen molar-refractivity contribution < 1.29 is 9.53 Å². The van der Waals surface area contributed by atoms with Gasteiger partial charge in [0.15, 0.2) is 0 Å². The molecule has 0 saturated carbocycles. The van der Waals surface area contributed by atoms with Gasteiger partial charge in [-0.1, -0.05) is 6.07 Å². The van der Waals surface area contributed by atoms with Gasteiger partial charge in [0.25, 0.3) is 0 Å². The molecule has 0 saturated heterocycles. The molecule has 0 unspecified atom stereocenters. The minimum atomic E-state index is 0.241. The summed E-state index contributed by atoms with van der Waals surface area (Å²) in [6.45, 7) is 9.61. The Morgan fingerprint density at radius 2 is 1.89 bits per heavy atom. The van der Waals surface area contributed by atoms with E-state index in [-0.39, 0.29) is 5.78 Å². The summed E-state index contributed by atoms with van der Waals surface area (Å²) in [5.41, 5.74) is 4.96. The highest BCUT2D eigenvalue weighted by atomic mass is 16.5. The van der Waals surface area contributed by atoms with Gasteiger partial charge < -0.3 is 9.64 Å². The van der Waals surface area contributed by atoms with Crippen LogP contribution in [0.2, 0.25) is 0 Å². The molecule has 0 heterocycles. The third-order valence-corrected chi connectivity index (χ3v) is 3.62. The average Bonchev–Trinajstić information content (AvgIpc) is 2.34. The molecule has 0 aliphatic heterocycles. The molecule has 0 radical (unpaired) electrons. The number of ether oxygens (including phenoxy) is 1. The van der Waals surface area contributed by atoms with Gasteiger partial charge in [-0.2, -0.15) is 0 Å². The summed E-state index contributed by atoms with van der Waals surface area (Å²) in [5.74, 6) is 1.22. The Bertz CT molecular complexity index is 466. The Kier molecular flexibility index (Phi) is 5.55. The van der Waals surface area contributed by atoms with E-state index < -0.39 is 0 Å². The van der Waals surface area contributed by atoms with Crippen LogP contribution in [0.5, 0.6) is 5.75 Å². The van der Waals surface area contributed by atoms with E-state index >= 15 is 0 Å². The van der Waals surface area contributed by atoms with Gasteiger partial charge >= 0.3 is 0 Å². The van der Waals surface area contributed by atoms with Crippen molar-refractivity contribution >= 4 is 5.78 Å². The summed E-state index contributed by atoms with van der Waals surface area (Å²) in [6, 6.07) is 2.19. The first-order chi connectivity index (χ1) is 8.86. The van der Waals surface area contributed by atoms with E-state index in [0.717, 1.165) is 18.8 Å². The van der Waals surface area contributed by atoms with Gasteiger partial charge in [0.05, 0.1) is 7.11 Å². The Labute approximate surface area is 116 Å². The number of benzene rings is 1. The van der Waals surface area contributed by atoms with E-state index in [9.17, 15) is 4.79 Å². The Morgan fingerprint density at radius 3 is 2.42 bits per heavy atom. The van der Waals surface area contributed by atoms with E-state index in [4.69, 9.17) is 4.74 Å². The largest absolute Gasteiger partial charge is 0.496 e. The molecule has 1 rings (SSSR count). The molecule has 0 amide bonds. The fourth-order valence-electron chi connectivity index (χ4n) is 2.34. The maximum atomic E-state index is 11.0. The second-order valence-corrected chi connectivity index (χ2v) is 5.33. The van der Waals surface area contributed by atoms with Crippen LogP contribution in [0.25, 0.3) is 0 Å². The van der Waals surface area contributed by atoms with Gasteiger partial charge in [-0.05, 0) is 57.0 Å². The topological polar surface area (TPSA) is 29.5 Å². The second kappa shape index (κ2) is 6.71. The van der Waals surface area contributed by atoms with Crippen molar-refractivity contribution in [2.75, 3.05) is 20.7 Å². The number of Topliss-reactive ketones (excluding diaryl/α,β-unsaturated/α-hetero) is 1. The predicted octanol–water partition coefficient (Wildman–Crippen LogP) is 3.03. The molecule has 0 aromatic heterocycles. The summed E-state index contributed by atoms with van der Waals surface area (Å²) in [4.78, 5) is 13.2. The summed E-state index contributed by atoms with van der Waals surface area (Å²) in [6.07, 6.45) is 0.615. The van der Waals surface area contributed by atoms with E-state index in [1.54, 1.807) is 14.0 Å². The van der Waals surface area contributed by atoms with Gasteiger partial charge in [0.1, 0.15) is 11.5 Å². The lowest BCUT2D eigenvalue weighted by Crippen LogP contribution is -2.21. The van der Waals surface area contributed by atoms with Gasteiger partial charge in [-0.25, -0.2) is 0 Å². The Hall–Kier alpha value is -1.35. The van der Waals surface area contributed by atoms with E-state index in [1.807, 2.05) is 0 Å². The highest BCUT2D eigenvalue weighted by Crippen LogP contribution is 2.29. The molecule has 0 bridgehead atoms. The number of hydrogen-bond donors (Lipinski definition) is 0. The number of hydrogen-bond acceptors (Lipinski definition) is 3. The molecule has 0 spiro atoms. The van der Waals surface area contributed by atoms with E-state index in [0.29, 0.717) is 6.42 Å². The number of carbonyl (C=O) groups excluding carboxylic acids is 1. The van der Waals surface area contributed by atoms with Crippen molar-refractivity contribution in [1.82, 2.24) is 4.90 Å². The lowest BCUT2D eigenvalue weighted by molar-refractivity contribution is -0.117. The van der Waals surface area contributed by atoms with Gasteiger partial charge in [-0.15, -0.1) is 0 Å². The van der Waals surface area contributed by atoms with Crippen molar-refractivity contribution in [3.63, 3.8) is 0 Å².